The van der Waals surface area contributed by atoms with Gasteiger partial charge in [-0.15, -0.1) is 12.6 Å². The first-order chi connectivity index (χ1) is 13.8. The number of ether oxygens (including phenoxy) is 1. The molecule has 8 nitrogen and oxygen atoms in total. The van der Waals surface area contributed by atoms with Crippen molar-refractivity contribution >= 4 is 41.3 Å². The van der Waals surface area contributed by atoms with Crippen LogP contribution in [0.4, 0.5) is 33.1 Å². The zero-order valence-electron chi connectivity index (χ0n) is 16.2. The zero-order chi connectivity index (χ0) is 21.0. The smallest absolute Gasteiger partial charge is 0.311 e. The summed E-state index contributed by atoms with van der Waals surface area (Å²) in [7, 11) is 0. The molecule has 0 amide bonds. The number of thiol groups is 1. The first kappa shape index (κ1) is 21.1. The van der Waals surface area contributed by atoms with Crippen LogP contribution < -0.4 is 15.5 Å². The lowest BCUT2D eigenvalue weighted by Gasteiger charge is -2.35. The van der Waals surface area contributed by atoms with Crippen molar-refractivity contribution in [2.75, 3.05) is 35.2 Å². The summed E-state index contributed by atoms with van der Waals surface area (Å²) in [6.45, 7) is 5.63. The third kappa shape index (κ3) is 5.27. The number of rotatable bonds is 7. The second-order valence-corrected chi connectivity index (χ2v) is 7.60. The van der Waals surface area contributed by atoms with Gasteiger partial charge in [-0.1, -0.05) is 13.8 Å². The van der Waals surface area contributed by atoms with Gasteiger partial charge < -0.3 is 20.3 Å². The summed E-state index contributed by atoms with van der Waals surface area (Å²) >= 11 is 4.09. The van der Waals surface area contributed by atoms with Gasteiger partial charge in [0.2, 0.25) is 12.1 Å². The van der Waals surface area contributed by atoms with Crippen molar-refractivity contribution in [2.24, 2.45) is 5.92 Å². The second-order valence-electron chi connectivity index (χ2n) is 7.10. The highest BCUT2D eigenvalue weighted by atomic mass is 32.1. The van der Waals surface area contributed by atoms with Gasteiger partial charge in [0.25, 0.3) is 0 Å². The number of nitrogens with zero attached hydrogens (tertiary/aromatic N) is 3. The van der Waals surface area contributed by atoms with Crippen LogP contribution in [0.1, 0.15) is 13.8 Å². The number of hydrogen-bond donors (Lipinski definition) is 3. The van der Waals surface area contributed by atoms with Crippen LogP contribution in [-0.4, -0.2) is 41.3 Å². The zero-order valence-corrected chi connectivity index (χ0v) is 17.1. The maximum Gasteiger partial charge on any atom is 0.311 e. The van der Waals surface area contributed by atoms with Crippen LogP contribution >= 0.6 is 12.6 Å². The SMILES string of the molecule is CC(C)CNc1ccc([N+](=O)[O-])c(Nc2ccc(N3CCOC(S)C3F)cc2)n1. The van der Waals surface area contributed by atoms with E-state index >= 15 is 0 Å². The van der Waals surface area contributed by atoms with Crippen molar-refractivity contribution in [2.45, 2.75) is 25.6 Å². The minimum Gasteiger partial charge on any atom is -0.370 e. The fourth-order valence-electron chi connectivity index (χ4n) is 2.87. The van der Waals surface area contributed by atoms with Crippen molar-refractivity contribution < 1.29 is 14.1 Å². The Morgan fingerprint density at radius 1 is 1.34 bits per heavy atom. The second kappa shape index (κ2) is 9.27. The first-order valence-electron chi connectivity index (χ1n) is 9.32. The van der Waals surface area contributed by atoms with E-state index in [1.165, 1.54) is 6.07 Å². The molecule has 0 saturated carbocycles. The van der Waals surface area contributed by atoms with Crippen LogP contribution in [0.25, 0.3) is 0 Å². The summed E-state index contributed by atoms with van der Waals surface area (Å²) in [6, 6.07) is 9.94. The van der Waals surface area contributed by atoms with E-state index in [-0.39, 0.29) is 11.5 Å². The van der Waals surface area contributed by atoms with E-state index in [1.54, 1.807) is 35.2 Å². The van der Waals surface area contributed by atoms with E-state index < -0.39 is 16.7 Å². The topological polar surface area (TPSA) is 92.6 Å². The molecule has 2 unspecified atom stereocenters. The molecule has 10 heteroatoms. The number of nitrogens with one attached hydrogen (secondary N) is 2. The summed E-state index contributed by atoms with van der Waals surface area (Å²) < 4.78 is 19.5. The van der Waals surface area contributed by atoms with Crippen LogP contribution in [0.15, 0.2) is 36.4 Å². The lowest BCUT2D eigenvalue weighted by molar-refractivity contribution is -0.384. The van der Waals surface area contributed by atoms with Crippen molar-refractivity contribution in [1.82, 2.24) is 4.98 Å². The summed E-state index contributed by atoms with van der Waals surface area (Å²) in [5.74, 6) is 1.10. The average molecular weight is 421 g/mol. The molecule has 0 spiro atoms. The third-order valence-electron chi connectivity index (χ3n) is 4.38. The van der Waals surface area contributed by atoms with E-state index in [4.69, 9.17) is 4.74 Å². The Hall–Kier alpha value is -2.59. The van der Waals surface area contributed by atoms with Crippen LogP contribution in [0.3, 0.4) is 0 Å². The Morgan fingerprint density at radius 3 is 2.72 bits per heavy atom. The molecule has 2 atom stereocenters. The van der Waals surface area contributed by atoms with Gasteiger partial charge >= 0.3 is 5.69 Å². The number of pyridine rings is 1. The van der Waals surface area contributed by atoms with E-state index in [2.05, 4.69) is 42.1 Å². The Balaban J connectivity index is 1.78. The number of morpholine rings is 1. The molecule has 0 radical (unpaired) electrons. The maximum absolute atomic E-state index is 14.3. The van der Waals surface area contributed by atoms with Crippen molar-refractivity contribution in [3.05, 3.63) is 46.5 Å². The molecule has 3 rings (SSSR count). The van der Waals surface area contributed by atoms with Crippen LogP contribution in [0.5, 0.6) is 0 Å². The monoisotopic (exact) mass is 421 g/mol. The van der Waals surface area contributed by atoms with Crippen LogP contribution in [0.2, 0.25) is 0 Å². The van der Waals surface area contributed by atoms with Gasteiger partial charge in [-0.2, -0.15) is 0 Å². The summed E-state index contributed by atoms with van der Waals surface area (Å²) in [5, 5.41) is 17.5. The van der Waals surface area contributed by atoms with E-state index in [9.17, 15) is 14.5 Å². The number of aromatic nitrogens is 1. The molecule has 0 bridgehead atoms. The molecule has 2 heterocycles. The number of alkyl halides is 1. The number of hydrogen-bond acceptors (Lipinski definition) is 8. The summed E-state index contributed by atoms with van der Waals surface area (Å²) in [6.07, 6.45) is -1.35. The average Bonchev–Trinajstić information content (AvgIpc) is 2.69. The Kier molecular flexibility index (Phi) is 6.75. The van der Waals surface area contributed by atoms with Crippen molar-refractivity contribution in [1.29, 1.82) is 0 Å². The molecule has 1 aliphatic heterocycles. The Bertz CT molecular complexity index is 852. The normalized spacial score (nSPS) is 19.3. The van der Waals surface area contributed by atoms with Gasteiger partial charge in [0, 0.05) is 30.5 Å². The molecule has 156 valence electrons. The molecule has 2 aromatic rings. The van der Waals surface area contributed by atoms with Crippen molar-refractivity contribution in [3.63, 3.8) is 0 Å². The van der Waals surface area contributed by atoms with Gasteiger partial charge in [0.15, 0.2) is 0 Å². The van der Waals surface area contributed by atoms with Crippen LogP contribution in [-0.2, 0) is 4.74 Å². The van der Waals surface area contributed by atoms with Crippen molar-refractivity contribution in [3.8, 4) is 0 Å². The molecule has 1 fully saturated rings. The van der Waals surface area contributed by atoms with Gasteiger partial charge in [-0.05, 0) is 36.2 Å². The van der Waals surface area contributed by atoms with Gasteiger partial charge in [-0.25, -0.2) is 9.37 Å². The highest BCUT2D eigenvalue weighted by Crippen LogP contribution is 2.30. The molecular weight excluding hydrogens is 397 g/mol. The minimum atomic E-state index is -1.35. The number of halogens is 1. The van der Waals surface area contributed by atoms with Gasteiger partial charge in [-0.3, -0.25) is 10.1 Å². The molecular formula is C19H24FN5O3S. The molecule has 1 saturated heterocycles. The summed E-state index contributed by atoms with van der Waals surface area (Å²) in [5.41, 5.74) is 0.366. The first-order valence-corrected chi connectivity index (χ1v) is 9.83. The molecule has 2 N–H and O–H groups in total. The number of nitro groups is 1. The standard InChI is InChI=1S/C19H24FN5O3S/c1-12(2)11-21-16-8-7-15(25(26)27)18(23-16)22-13-3-5-14(6-4-13)24-9-10-28-19(29)17(24)20/h3-8,12,17,19,29H,9-11H2,1-2H3,(H2,21,22,23). The molecule has 1 aromatic carbocycles. The molecule has 0 aliphatic carbocycles. The highest BCUT2D eigenvalue weighted by Gasteiger charge is 2.30. The predicted molar refractivity (Wildman–Crippen MR) is 115 cm³/mol. The molecule has 1 aromatic heterocycles. The lowest BCUT2D eigenvalue weighted by Crippen LogP contribution is -2.46. The lowest BCUT2D eigenvalue weighted by atomic mass is 10.2. The molecule has 1 aliphatic rings. The summed E-state index contributed by atoms with van der Waals surface area (Å²) in [4.78, 5) is 16.8. The van der Waals surface area contributed by atoms with Gasteiger partial charge in [0.1, 0.15) is 11.3 Å². The minimum absolute atomic E-state index is 0.126. The largest absolute Gasteiger partial charge is 0.370 e. The number of anilines is 4. The Morgan fingerprint density at radius 2 is 2.07 bits per heavy atom. The fraction of sp³-hybridized carbons (Fsp3) is 0.421. The van der Waals surface area contributed by atoms with E-state index in [1.807, 2.05) is 0 Å². The van der Waals surface area contributed by atoms with E-state index in [0.29, 0.717) is 42.8 Å². The van der Waals surface area contributed by atoms with E-state index in [0.717, 1.165) is 0 Å². The Labute approximate surface area is 174 Å². The third-order valence-corrected chi connectivity index (χ3v) is 4.77. The predicted octanol–water partition coefficient (Wildman–Crippen LogP) is 4.19. The number of benzene rings is 1. The fourth-order valence-corrected chi connectivity index (χ4v) is 3.14. The molecule has 29 heavy (non-hydrogen) atoms. The maximum atomic E-state index is 14.3. The van der Waals surface area contributed by atoms with Crippen LogP contribution in [0, 0.1) is 16.0 Å². The van der Waals surface area contributed by atoms with Gasteiger partial charge in [0.05, 0.1) is 11.5 Å². The highest BCUT2D eigenvalue weighted by molar-refractivity contribution is 7.80. The quantitative estimate of drug-likeness (QED) is 0.267.